The van der Waals surface area contributed by atoms with Crippen LogP contribution in [0.5, 0.6) is 0 Å². The van der Waals surface area contributed by atoms with Crippen molar-refractivity contribution in [2.24, 2.45) is 0 Å². The first-order chi connectivity index (χ1) is 28.9. The molecule has 5 aromatic rings. The molecule has 5 heterocycles. The lowest BCUT2D eigenvalue weighted by atomic mass is 10.00. The van der Waals surface area contributed by atoms with Gasteiger partial charge in [0.2, 0.25) is 0 Å². The number of piperazine rings is 1. The number of carbonyl (C=O) groups excluding carboxylic acids is 2. The summed E-state index contributed by atoms with van der Waals surface area (Å²) in [7, 11) is 0. The van der Waals surface area contributed by atoms with Gasteiger partial charge in [0.25, 0.3) is 5.91 Å². The molecule has 14 heteroatoms. The van der Waals surface area contributed by atoms with Crippen LogP contribution in [0.25, 0.3) is 22.2 Å². The van der Waals surface area contributed by atoms with Crippen LogP contribution < -0.4 is 16.0 Å². The molecular weight excluding hydrogens is 762 g/mol. The highest BCUT2D eigenvalue weighted by molar-refractivity contribution is 5.94. The minimum Gasteiger partial charge on any atom is -0.444 e. The predicted octanol–water partition coefficient (Wildman–Crippen LogP) is 7.79. The van der Waals surface area contributed by atoms with Crippen LogP contribution in [0.15, 0.2) is 67.0 Å². The molecule has 60 heavy (non-hydrogen) atoms. The molecule has 3 aromatic heterocycles. The fraction of sp³-hybridized carbons (Fsp3) is 0.457. The predicted molar refractivity (Wildman–Crippen MR) is 232 cm³/mol. The van der Waals surface area contributed by atoms with Crippen LogP contribution >= 0.6 is 0 Å². The molecule has 0 saturated carbocycles. The molecular formula is C46H58FN9O4. The summed E-state index contributed by atoms with van der Waals surface area (Å²) in [6.07, 6.45) is 5.79. The van der Waals surface area contributed by atoms with Gasteiger partial charge in [0.15, 0.2) is 5.65 Å². The first-order valence-electron chi connectivity index (χ1n) is 21.2. The zero-order chi connectivity index (χ0) is 42.4. The number of hydrogen-bond acceptors (Lipinski definition) is 10. The number of halogens is 1. The zero-order valence-corrected chi connectivity index (χ0v) is 35.7. The molecule has 0 aliphatic carbocycles. The smallest absolute Gasteiger partial charge is 0.410 e. The van der Waals surface area contributed by atoms with E-state index in [1.807, 2.05) is 62.8 Å². The van der Waals surface area contributed by atoms with Gasteiger partial charge in [-0.3, -0.25) is 9.69 Å². The maximum atomic E-state index is 15.3. The van der Waals surface area contributed by atoms with Crippen molar-refractivity contribution in [2.45, 2.75) is 105 Å². The molecule has 318 valence electrons. The third-order valence-electron chi connectivity index (χ3n) is 11.1. The van der Waals surface area contributed by atoms with E-state index in [2.05, 4.69) is 44.8 Å². The van der Waals surface area contributed by atoms with Gasteiger partial charge in [-0.15, -0.1) is 0 Å². The summed E-state index contributed by atoms with van der Waals surface area (Å²) in [5.41, 5.74) is 6.92. The highest BCUT2D eigenvalue weighted by atomic mass is 19.1. The van der Waals surface area contributed by atoms with E-state index in [1.165, 1.54) is 6.07 Å². The SMILES string of the molecule is CCc1nc2c(cnn2CC)c(NC2CCOCC2)c1CNc1ccc(C(=O)NCc2ccc(F)c(-c3cccc(CN4CCN(C(=O)OC(C)(C)C)C(C)C4)c3)c2)cn1. The fourth-order valence-electron chi connectivity index (χ4n) is 7.96. The number of rotatable bonds is 13. The molecule has 2 aromatic carbocycles. The van der Waals surface area contributed by atoms with Gasteiger partial charge >= 0.3 is 6.09 Å². The quantitative estimate of drug-likeness (QED) is 0.108. The van der Waals surface area contributed by atoms with E-state index in [1.54, 1.807) is 35.4 Å². The normalized spacial score (nSPS) is 16.5. The Morgan fingerprint density at radius 3 is 2.52 bits per heavy atom. The van der Waals surface area contributed by atoms with Crippen molar-refractivity contribution in [1.82, 2.24) is 34.9 Å². The molecule has 2 aliphatic rings. The minimum absolute atomic E-state index is 0.000815. The first-order valence-corrected chi connectivity index (χ1v) is 21.2. The van der Waals surface area contributed by atoms with E-state index in [4.69, 9.17) is 14.5 Å². The fourth-order valence-corrected chi connectivity index (χ4v) is 7.96. The highest BCUT2D eigenvalue weighted by Gasteiger charge is 2.31. The zero-order valence-electron chi connectivity index (χ0n) is 35.7. The Labute approximate surface area is 352 Å². The van der Waals surface area contributed by atoms with Gasteiger partial charge in [0.05, 0.1) is 22.8 Å². The van der Waals surface area contributed by atoms with Crippen LogP contribution in [0.2, 0.25) is 0 Å². The number of pyridine rings is 2. The van der Waals surface area contributed by atoms with Crippen molar-refractivity contribution in [3.8, 4) is 11.1 Å². The largest absolute Gasteiger partial charge is 0.444 e. The lowest BCUT2D eigenvalue weighted by Crippen LogP contribution is -2.54. The molecule has 2 fully saturated rings. The van der Waals surface area contributed by atoms with E-state index >= 15 is 4.39 Å². The molecule has 7 rings (SSSR count). The minimum atomic E-state index is -0.542. The van der Waals surface area contributed by atoms with Crippen molar-refractivity contribution in [2.75, 3.05) is 43.5 Å². The number of fused-ring (bicyclic) bond motifs is 1. The molecule has 13 nitrogen and oxygen atoms in total. The summed E-state index contributed by atoms with van der Waals surface area (Å²) < 4.78 is 28.4. The number of aromatic nitrogens is 4. The number of carbonyl (C=O) groups is 2. The molecule has 0 spiro atoms. The van der Waals surface area contributed by atoms with Crippen LogP contribution in [0, 0.1) is 5.82 Å². The summed E-state index contributed by atoms with van der Waals surface area (Å²) in [4.78, 5) is 39.7. The van der Waals surface area contributed by atoms with E-state index < -0.39 is 5.60 Å². The second-order valence-electron chi connectivity index (χ2n) is 16.7. The van der Waals surface area contributed by atoms with E-state index in [-0.39, 0.29) is 30.4 Å². The van der Waals surface area contributed by atoms with Crippen molar-refractivity contribution in [3.63, 3.8) is 0 Å². The van der Waals surface area contributed by atoms with Crippen LogP contribution in [0.3, 0.4) is 0 Å². The van der Waals surface area contributed by atoms with Gasteiger partial charge in [0, 0.05) is 94.1 Å². The lowest BCUT2D eigenvalue weighted by Gasteiger charge is -2.40. The van der Waals surface area contributed by atoms with Gasteiger partial charge in [-0.05, 0) is 101 Å². The third kappa shape index (κ3) is 10.2. The Morgan fingerprint density at radius 1 is 0.983 bits per heavy atom. The second-order valence-corrected chi connectivity index (χ2v) is 16.7. The summed E-state index contributed by atoms with van der Waals surface area (Å²) in [5, 5.41) is 15.8. The molecule has 3 N–H and O–H groups in total. The molecule has 0 radical (unpaired) electrons. The lowest BCUT2D eigenvalue weighted by molar-refractivity contribution is 0.000548. The van der Waals surface area contributed by atoms with Gasteiger partial charge in [-0.2, -0.15) is 5.10 Å². The Morgan fingerprint density at radius 2 is 1.80 bits per heavy atom. The standard InChI is InChI=1S/C46H58FN9O4/c1-7-40-37(42(52-35-16-20-59-21-17-35)38-27-51-56(8-2)43(38)53-40)26-49-41-15-13-34(25-48-41)44(57)50-24-31-12-14-39(47)36(23-31)33-11-9-10-32(22-33)29-54-18-19-55(30(3)28-54)45(58)60-46(4,5)6/h9-15,22-23,25,27,30,35H,7-8,16-21,24,26,28-29H2,1-6H3,(H,48,49)(H,50,57)(H,52,53). The van der Waals surface area contributed by atoms with Gasteiger partial charge in [-0.25, -0.2) is 23.8 Å². The Kier molecular flexibility index (Phi) is 13.3. The highest BCUT2D eigenvalue weighted by Crippen LogP contribution is 2.32. The average molecular weight is 820 g/mol. The molecule has 0 bridgehead atoms. The Balaban J connectivity index is 0.963. The second kappa shape index (κ2) is 18.8. The van der Waals surface area contributed by atoms with Crippen molar-refractivity contribution < 1.29 is 23.5 Å². The van der Waals surface area contributed by atoms with Crippen molar-refractivity contribution >= 4 is 34.5 Å². The van der Waals surface area contributed by atoms with Gasteiger partial charge in [0.1, 0.15) is 17.2 Å². The van der Waals surface area contributed by atoms with Gasteiger partial charge < -0.3 is 30.3 Å². The number of amides is 2. The number of hydrogen-bond donors (Lipinski definition) is 3. The maximum absolute atomic E-state index is 15.3. The number of aryl methyl sites for hydroxylation is 2. The molecule has 2 amide bonds. The van der Waals surface area contributed by atoms with Crippen LogP contribution in [0.1, 0.15) is 87.1 Å². The number of anilines is 2. The molecule has 1 atom stereocenters. The number of benzene rings is 2. The maximum Gasteiger partial charge on any atom is 0.410 e. The van der Waals surface area contributed by atoms with E-state index in [0.717, 1.165) is 83.7 Å². The summed E-state index contributed by atoms with van der Waals surface area (Å²) in [6.45, 7) is 17.4. The topological polar surface area (TPSA) is 139 Å². The Bertz CT molecular complexity index is 2280. The van der Waals surface area contributed by atoms with Crippen molar-refractivity contribution in [1.29, 1.82) is 0 Å². The van der Waals surface area contributed by atoms with Gasteiger partial charge in [-0.1, -0.05) is 31.2 Å². The number of nitrogens with one attached hydrogen (secondary N) is 3. The first kappa shape index (κ1) is 42.5. The third-order valence-corrected chi connectivity index (χ3v) is 11.1. The summed E-state index contributed by atoms with van der Waals surface area (Å²) >= 11 is 0. The summed E-state index contributed by atoms with van der Waals surface area (Å²) in [6, 6.07) is 16.7. The number of ether oxygens (including phenoxy) is 2. The van der Waals surface area contributed by atoms with Crippen LogP contribution in [0.4, 0.5) is 20.7 Å². The van der Waals surface area contributed by atoms with E-state index in [9.17, 15) is 9.59 Å². The molecule has 2 aliphatic heterocycles. The number of nitrogens with zero attached hydrogens (tertiary/aromatic N) is 6. The van der Waals surface area contributed by atoms with Crippen LogP contribution in [-0.4, -0.2) is 92.1 Å². The van der Waals surface area contributed by atoms with Crippen LogP contribution in [-0.2, 0) is 42.1 Å². The van der Waals surface area contributed by atoms with Crippen molar-refractivity contribution in [3.05, 3.63) is 101 Å². The Hall–Kier alpha value is -5.60. The monoisotopic (exact) mass is 819 g/mol. The summed E-state index contributed by atoms with van der Waals surface area (Å²) in [5.74, 6) is 0.0260. The molecule has 2 saturated heterocycles. The average Bonchev–Trinajstić information content (AvgIpc) is 3.65. The van der Waals surface area contributed by atoms with E-state index in [0.29, 0.717) is 55.7 Å². The molecule has 1 unspecified atom stereocenters.